The average Bonchev–Trinajstić information content (AvgIpc) is 2.93. The fourth-order valence-electron chi connectivity index (χ4n) is 3.24. The molecule has 1 aliphatic rings. The lowest BCUT2D eigenvalue weighted by Crippen LogP contribution is -2.32. The summed E-state index contributed by atoms with van der Waals surface area (Å²) < 4.78 is 55.5. The summed E-state index contributed by atoms with van der Waals surface area (Å²) in [7, 11) is -7.63. The second-order valence-corrected chi connectivity index (χ2v) is 10.8. The summed E-state index contributed by atoms with van der Waals surface area (Å²) >= 11 is 6.00. The molecule has 28 heavy (non-hydrogen) atoms. The molecule has 1 fully saturated rings. The number of hydrogen-bond acceptors (Lipinski definition) is 4. The van der Waals surface area contributed by atoms with Gasteiger partial charge in [-0.3, -0.25) is 4.72 Å². The summed E-state index contributed by atoms with van der Waals surface area (Å²) in [4.78, 5) is 0.0583. The van der Waals surface area contributed by atoms with Gasteiger partial charge in [0.1, 0.15) is 4.90 Å². The molecule has 0 aromatic heterocycles. The van der Waals surface area contributed by atoms with E-state index < -0.39 is 20.0 Å². The zero-order valence-electron chi connectivity index (χ0n) is 15.6. The molecule has 1 heterocycles. The van der Waals surface area contributed by atoms with E-state index in [9.17, 15) is 16.8 Å². The molecular weight excluding hydrogens is 420 g/mol. The van der Waals surface area contributed by atoms with E-state index in [1.54, 1.807) is 31.2 Å². The monoisotopic (exact) mass is 442 g/mol. The lowest BCUT2D eigenvalue weighted by molar-refractivity contribution is 0.423. The molecule has 1 saturated heterocycles. The predicted octanol–water partition coefficient (Wildman–Crippen LogP) is 4.01. The number of hydrogen-bond donors (Lipinski definition) is 1. The maximum absolute atomic E-state index is 13.1. The largest absolute Gasteiger partial charge is 0.280 e. The van der Waals surface area contributed by atoms with Crippen molar-refractivity contribution in [1.29, 1.82) is 0 Å². The van der Waals surface area contributed by atoms with Crippen molar-refractivity contribution in [2.45, 2.75) is 42.4 Å². The highest BCUT2D eigenvalue weighted by molar-refractivity contribution is 7.92. The average molecular weight is 443 g/mol. The minimum Gasteiger partial charge on any atom is -0.280 e. The molecule has 0 aliphatic carbocycles. The van der Waals surface area contributed by atoms with Crippen LogP contribution >= 0.6 is 11.6 Å². The molecule has 0 amide bonds. The third-order valence-corrected chi connectivity index (χ3v) is 8.67. The Bertz CT molecular complexity index is 1060. The molecule has 0 unspecified atom stereocenters. The van der Waals surface area contributed by atoms with Gasteiger partial charge in [-0.15, -0.1) is 0 Å². The van der Waals surface area contributed by atoms with Crippen LogP contribution in [0.2, 0.25) is 5.02 Å². The number of sulfonamides is 2. The number of nitrogens with zero attached hydrogens (tertiary/aromatic N) is 1. The minimum absolute atomic E-state index is 0.0610. The highest BCUT2D eigenvalue weighted by Crippen LogP contribution is 2.28. The first-order valence-electron chi connectivity index (χ1n) is 9.10. The molecule has 0 spiro atoms. The second kappa shape index (κ2) is 8.41. The maximum atomic E-state index is 13.1. The van der Waals surface area contributed by atoms with Gasteiger partial charge in [-0.2, -0.15) is 4.31 Å². The molecule has 2 aromatic rings. The quantitative estimate of drug-likeness (QED) is 0.758. The van der Waals surface area contributed by atoms with Crippen LogP contribution in [-0.2, 0) is 20.0 Å². The van der Waals surface area contributed by atoms with Gasteiger partial charge in [-0.25, -0.2) is 16.8 Å². The third kappa shape index (κ3) is 4.51. The van der Waals surface area contributed by atoms with Crippen LogP contribution in [-0.4, -0.2) is 34.2 Å². The van der Waals surface area contributed by atoms with E-state index in [-0.39, 0.29) is 20.5 Å². The Balaban J connectivity index is 1.94. The summed E-state index contributed by atoms with van der Waals surface area (Å²) in [5, 5.41) is 0.0968. The molecule has 152 valence electrons. The Hall–Kier alpha value is -1.61. The fraction of sp³-hybridized carbons (Fsp3) is 0.368. The van der Waals surface area contributed by atoms with Crippen molar-refractivity contribution in [2.24, 2.45) is 0 Å². The Morgan fingerprint density at radius 2 is 1.54 bits per heavy atom. The molecular formula is C19H23ClN2O4S2. The van der Waals surface area contributed by atoms with Crippen LogP contribution in [0.4, 0.5) is 5.69 Å². The molecule has 1 aliphatic heterocycles. The Morgan fingerprint density at radius 1 is 0.893 bits per heavy atom. The van der Waals surface area contributed by atoms with E-state index in [1.165, 1.54) is 22.5 Å². The van der Waals surface area contributed by atoms with Crippen molar-refractivity contribution in [3.8, 4) is 0 Å². The molecule has 9 heteroatoms. The lowest BCUT2D eigenvalue weighted by Gasteiger charge is -2.21. The maximum Gasteiger partial charge on any atom is 0.263 e. The first-order chi connectivity index (χ1) is 13.2. The standard InChI is InChI=1S/C19H23ClN2O4S2/c1-15-10-11-16(21-27(23,24)18-9-5-4-8-17(18)20)14-19(15)28(25,26)22-12-6-2-3-7-13-22/h4-5,8-11,14,21H,2-3,6-7,12-13H2,1H3. The summed E-state index contributed by atoms with van der Waals surface area (Å²) in [6.45, 7) is 2.67. The highest BCUT2D eigenvalue weighted by atomic mass is 35.5. The van der Waals surface area contributed by atoms with Crippen LogP contribution < -0.4 is 4.72 Å². The summed E-state index contributed by atoms with van der Waals surface area (Å²) in [6.07, 6.45) is 3.69. The van der Waals surface area contributed by atoms with E-state index in [0.29, 0.717) is 18.7 Å². The van der Waals surface area contributed by atoms with E-state index in [1.807, 2.05) is 0 Å². The summed E-state index contributed by atoms with van der Waals surface area (Å²) in [5.74, 6) is 0. The fourth-order valence-corrected chi connectivity index (χ4v) is 6.57. The Morgan fingerprint density at radius 3 is 2.18 bits per heavy atom. The van der Waals surface area contributed by atoms with Crippen LogP contribution in [0.25, 0.3) is 0 Å². The molecule has 2 aromatic carbocycles. The van der Waals surface area contributed by atoms with Gasteiger partial charge in [0.15, 0.2) is 0 Å². The molecule has 0 bridgehead atoms. The van der Waals surface area contributed by atoms with Crippen molar-refractivity contribution in [1.82, 2.24) is 4.31 Å². The van der Waals surface area contributed by atoms with Crippen molar-refractivity contribution >= 4 is 37.3 Å². The van der Waals surface area contributed by atoms with E-state index in [0.717, 1.165) is 25.7 Å². The van der Waals surface area contributed by atoms with Crippen molar-refractivity contribution < 1.29 is 16.8 Å². The highest BCUT2D eigenvalue weighted by Gasteiger charge is 2.27. The van der Waals surface area contributed by atoms with Gasteiger partial charge in [0.25, 0.3) is 10.0 Å². The number of anilines is 1. The SMILES string of the molecule is Cc1ccc(NS(=O)(=O)c2ccccc2Cl)cc1S(=O)(=O)N1CCCCCC1. The molecule has 0 saturated carbocycles. The molecule has 6 nitrogen and oxygen atoms in total. The molecule has 1 N–H and O–H groups in total. The number of nitrogens with one attached hydrogen (secondary N) is 1. The molecule has 0 radical (unpaired) electrons. The van der Waals surface area contributed by atoms with Crippen LogP contribution in [0.5, 0.6) is 0 Å². The molecule has 3 rings (SSSR count). The van der Waals surface area contributed by atoms with Gasteiger partial charge < -0.3 is 0 Å². The van der Waals surface area contributed by atoms with Crippen molar-refractivity contribution in [3.63, 3.8) is 0 Å². The van der Waals surface area contributed by atoms with Gasteiger partial charge >= 0.3 is 0 Å². The van der Waals surface area contributed by atoms with Crippen molar-refractivity contribution in [2.75, 3.05) is 17.8 Å². The van der Waals surface area contributed by atoms with Gasteiger partial charge in [-0.1, -0.05) is 42.6 Å². The van der Waals surface area contributed by atoms with Crippen LogP contribution in [0, 0.1) is 6.92 Å². The zero-order chi connectivity index (χ0) is 20.4. The number of benzene rings is 2. The second-order valence-electron chi connectivity index (χ2n) is 6.83. The van der Waals surface area contributed by atoms with E-state index in [2.05, 4.69) is 4.72 Å². The van der Waals surface area contributed by atoms with Crippen LogP contribution in [0.1, 0.15) is 31.2 Å². The normalized spacial score (nSPS) is 16.5. The minimum atomic E-state index is -3.94. The van der Waals surface area contributed by atoms with Gasteiger partial charge in [0.2, 0.25) is 10.0 Å². The number of aryl methyl sites for hydroxylation is 1. The number of rotatable bonds is 5. The van der Waals surface area contributed by atoms with Crippen molar-refractivity contribution in [3.05, 3.63) is 53.1 Å². The summed E-state index contributed by atoms with van der Waals surface area (Å²) in [6, 6.07) is 10.6. The van der Waals surface area contributed by atoms with Crippen LogP contribution in [0.3, 0.4) is 0 Å². The lowest BCUT2D eigenvalue weighted by atomic mass is 10.2. The van der Waals surface area contributed by atoms with Crippen LogP contribution in [0.15, 0.2) is 52.3 Å². The van der Waals surface area contributed by atoms with E-state index in [4.69, 9.17) is 11.6 Å². The van der Waals surface area contributed by atoms with Gasteiger partial charge in [0, 0.05) is 13.1 Å². The Labute approximate surface area is 171 Å². The first kappa shape index (κ1) is 21.1. The molecule has 0 atom stereocenters. The first-order valence-corrected chi connectivity index (χ1v) is 12.4. The van der Waals surface area contributed by atoms with Gasteiger partial charge in [-0.05, 0) is 49.6 Å². The third-order valence-electron chi connectivity index (χ3n) is 4.75. The number of halogens is 1. The predicted molar refractivity (Wildman–Crippen MR) is 111 cm³/mol. The Kier molecular flexibility index (Phi) is 6.34. The topological polar surface area (TPSA) is 83.5 Å². The zero-order valence-corrected chi connectivity index (χ0v) is 17.9. The van der Waals surface area contributed by atoms with E-state index >= 15 is 0 Å². The van der Waals surface area contributed by atoms with Gasteiger partial charge in [0.05, 0.1) is 15.6 Å². The smallest absolute Gasteiger partial charge is 0.263 e. The summed E-state index contributed by atoms with van der Waals surface area (Å²) in [5.41, 5.74) is 0.754.